The van der Waals surface area contributed by atoms with E-state index in [1.165, 1.54) is 6.07 Å². The molecule has 1 aromatic carbocycles. The molecule has 0 heterocycles. The van der Waals surface area contributed by atoms with Crippen LogP contribution < -0.4 is 4.74 Å². The van der Waals surface area contributed by atoms with Gasteiger partial charge in [0.05, 0.1) is 6.10 Å². The van der Waals surface area contributed by atoms with Crippen molar-refractivity contribution in [3.05, 3.63) is 29.6 Å². The first kappa shape index (κ1) is 12.5. The van der Waals surface area contributed by atoms with Gasteiger partial charge in [-0.2, -0.15) is 0 Å². The third-order valence-electron chi connectivity index (χ3n) is 2.15. The van der Waals surface area contributed by atoms with Crippen molar-refractivity contribution in [1.29, 1.82) is 0 Å². The van der Waals surface area contributed by atoms with Crippen LogP contribution in [0.1, 0.15) is 25.8 Å². The molecule has 1 atom stereocenters. The lowest BCUT2D eigenvalue weighted by Gasteiger charge is -2.13. The van der Waals surface area contributed by atoms with Gasteiger partial charge in [0.1, 0.15) is 6.61 Å². The third-order valence-corrected chi connectivity index (χ3v) is 2.15. The van der Waals surface area contributed by atoms with Crippen molar-refractivity contribution in [2.45, 2.75) is 26.4 Å². The van der Waals surface area contributed by atoms with Crippen LogP contribution in [-0.2, 0) is 0 Å². The summed E-state index contributed by atoms with van der Waals surface area (Å²) in [6.07, 6.45) is 0.780. The maximum Gasteiger partial charge on any atom is 0.165 e. The van der Waals surface area contributed by atoms with Gasteiger partial charge in [0.25, 0.3) is 0 Å². The van der Waals surface area contributed by atoms with Gasteiger partial charge in [-0.3, -0.25) is 0 Å². The van der Waals surface area contributed by atoms with Gasteiger partial charge in [-0.05, 0) is 31.5 Å². The highest BCUT2D eigenvalue weighted by Gasteiger charge is 2.07. The number of hydrogen-bond donors (Lipinski definition) is 1. The monoisotopic (exact) mass is 222 g/mol. The summed E-state index contributed by atoms with van der Waals surface area (Å²) < 4.78 is 18.8. The second kappa shape index (κ2) is 6.14. The average molecular weight is 222 g/mol. The first-order valence-electron chi connectivity index (χ1n) is 5.23. The van der Waals surface area contributed by atoms with E-state index in [2.05, 4.69) is 11.8 Å². The van der Waals surface area contributed by atoms with Crippen LogP contribution in [0.3, 0.4) is 0 Å². The molecule has 0 saturated carbocycles. The molecule has 0 bridgehead atoms. The highest BCUT2D eigenvalue weighted by atomic mass is 19.1. The second-order valence-electron chi connectivity index (χ2n) is 3.44. The Kier molecular flexibility index (Phi) is 4.81. The van der Waals surface area contributed by atoms with E-state index in [1.807, 2.05) is 13.8 Å². The van der Waals surface area contributed by atoms with E-state index < -0.39 is 5.82 Å². The van der Waals surface area contributed by atoms with Crippen LogP contribution in [-0.4, -0.2) is 17.8 Å². The molecule has 0 aliphatic heterocycles. The van der Waals surface area contributed by atoms with Crippen LogP contribution in [0.4, 0.5) is 4.39 Å². The van der Waals surface area contributed by atoms with Crippen LogP contribution in [0.15, 0.2) is 18.2 Å². The summed E-state index contributed by atoms with van der Waals surface area (Å²) in [5.74, 6) is 5.03. The topological polar surface area (TPSA) is 29.5 Å². The quantitative estimate of drug-likeness (QED) is 0.795. The molecule has 0 radical (unpaired) electrons. The fourth-order valence-corrected chi connectivity index (χ4v) is 1.11. The molecule has 0 amide bonds. The lowest BCUT2D eigenvalue weighted by molar-refractivity contribution is 0.208. The minimum atomic E-state index is -0.394. The lowest BCUT2D eigenvalue weighted by Crippen LogP contribution is -2.10. The summed E-state index contributed by atoms with van der Waals surface area (Å²) in [5.41, 5.74) is 0.633. The Hall–Kier alpha value is -1.53. The van der Waals surface area contributed by atoms with Gasteiger partial charge < -0.3 is 9.84 Å². The van der Waals surface area contributed by atoms with Crippen LogP contribution >= 0.6 is 0 Å². The fourth-order valence-electron chi connectivity index (χ4n) is 1.11. The molecule has 1 rings (SSSR count). The standard InChI is InChI=1S/C13H15FO2/c1-3-10(2)16-13-9-11(5-4-8-15)6-7-12(13)14/h6-7,9-10,15H,3,8H2,1-2H3. The molecule has 0 aliphatic carbocycles. The molecule has 0 aliphatic rings. The Bertz CT molecular complexity index is 404. The number of hydrogen-bond acceptors (Lipinski definition) is 2. The van der Waals surface area contributed by atoms with E-state index in [0.29, 0.717) is 5.56 Å². The highest BCUT2D eigenvalue weighted by molar-refractivity contribution is 5.40. The van der Waals surface area contributed by atoms with Gasteiger partial charge in [-0.25, -0.2) is 4.39 Å². The predicted octanol–water partition coefficient (Wildman–Crippen LogP) is 2.35. The average Bonchev–Trinajstić information content (AvgIpc) is 2.30. The van der Waals surface area contributed by atoms with E-state index in [1.54, 1.807) is 12.1 Å². The molecule has 16 heavy (non-hydrogen) atoms. The normalized spacial score (nSPS) is 11.5. The SMILES string of the molecule is CCC(C)Oc1cc(C#CCO)ccc1F. The first-order chi connectivity index (χ1) is 7.67. The predicted molar refractivity (Wildman–Crippen MR) is 60.7 cm³/mol. The van der Waals surface area contributed by atoms with Crippen molar-refractivity contribution in [3.8, 4) is 17.6 Å². The highest BCUT2D eigenvalue weighted by Crippen LogP contribution is 2.20. The van der Waals surface area contributed by atoms with Crippen molar-refractivity contribution >= 4 is 0 Å². The Balaban J connectivity index is 2.90. The number of benzene rings is 1. The Morgan fingerprint density at radius 2 is 2.25 bits per heavy atom. The maximum absolute atomic E-state index is 13.4. The Labute approximate surface area is 95.1 Å². The zero-order chi connectivity index (χ0) is 12.0. The number of halogens is 1. The molecule has 86 valence electrons. The fraction of sp³-hybridized carbons (Fsp3) is 0.385. The molecule has 0 aromatic heterocycles. The summed E-state index contributed by atoms with van der Waals surface area (Å²) >= 11 is 0. The summed E-state index contributed by atoms with van der Waals surface area (Å²) in [6, 6.07) is 4.42. The van der Waals surface area contributed by atoms with Crippen molar-refractivity contribution in [1.82, 2.24) is 0 Å². The van der Waals surface area contributed by atoms with Gasteiger partial charge in [-0.15, -0.1) is 0 Å². The Morgan fingerprint density at radius 3 is 2.88 bits per heavy atom. The zero-order valence-corrected chi connectivity index (χ0v) is 9.46. The Morgan fingerprint density at radius 1 is 1.50 bits per heavy atom. The van der Waals surface area contributed by atoms with Crippen molar-refractivity contribution < 1.29 is 14.2 Å². The number of aliphatic hydroxyl groups is 1. The minimum absolute atomic E-state index is 0.0319. The largest absolute Gasteiger partial charge is 0.488 e. The number of aliphatic hydroxyl groups excluding tert-OH is 1. The molecular weight excluding hydrogens is 207 g/mol. The lowest BCUT2D eigenvalue weighted by atomic mass is 10.2. The van der Waals surface area contributed by atoms with Crippen molar-refractivity contribution in [2.75, 3.05) is 6.61 Å². The van der Waals surface area contributed by atoms with E-state index in [0.717, 1.165) is 6.42 Å². The van der Waals surface area contributed by atoms with Crippen LogP contribution in [0.5, 0.6) is 5.75 Å². The number of rotatable bonds is 3. The van der Waals surface area contributed by atoms with Crippen LogP contribution in [0, 0.1) is 17.7 Å². The van der Waals surface area contributed by atoms with Gasteiger partial charge >= 0.3 is 0 Å². The summed E-state index contributed by atoms with van der Waals surface area (Å²) in [5, 5.41) is 8.56. The van der Waals surface area contributed by atoms with Gasteiger partial charge in [-0.1, -0.05) is 18.8 Å². The molecule has 0 fully saturated rings. The van der Waals surface area contributed by atoms with Gasteiger partial charge in [0.2, 0.25) is 0 Å². The summed E-state index contributed by atoms with van der Waals surface area (Å²) in [7, 11) is 0. The first-order valence-corrected chi connectivity index (χ1v) is 5.23. The smallest absolute Gasteiger partial charge is 0.165 e. The molecule has 1 aromatic rings. The molecule has 3 heteroatoms. The van der Waals surface area contributed by atoms with Crippen LogP contribution in [0.25, 0.3) is 0 Å². The molecular formula is C13H15FO2. The van der Waals surface area contributed by atoms with E-state index in [-0.39, 0.29) is 18.5 Å². The molecule has 2 nitrogen and oxygen atoms in total. The van der Waals surface area contributed by atoms with Gasteiger partial charge in [0.15, 0.2) is 11.6 Å². The summed E-state index contributed by atoms with van der Waals surface area (Å²) in [4.78, 5) is 0. The van der Waals surface area contributed by atoms with E-state index >= 15 is 0 Å². The third kappa shape index (κ3) is 3.56. The van der Waals surface area contributed by atoms with Gasteiger partial charge in [0, 0.05) is 5.56 Å². The van der Waals surface area contributed by atoms with Crippen molar-refractivity contribution in [3.63, 3.8) is 0 Å². The van der Waals surface area contributed by atoms with Crippen LogP contribution in [0.2, 0.25) is 0 Å². The molecule has 1 unspecified atom stereocenters. The van der Waals surface area contributed by atoms with E-state index in [9.17, 15) is 4.39 Å². The maximum atomic E-state index is 13.4. The summed E-state index contributed by atoms with van der Waals surface area (Å²) in [6.45, 7) is 3.64. The van der Waals surface area contributed by atoms with Crippen molar-refractivity contribution in [2.24, 2.45) is 0 Å². The minimum Gasteiger partial charge on any atom is -0.488 e. The second-order valence-corrected chi connectivity index (χ2v) is 3.44. The molecule has 0 saturated heterocycles. The number of ether oxygens (including phenoxy) is 1. The van der Waals surface area contributed by atoms with E-state index in [4.69, 9.17) is 9.84 Å². The molecule has 0 spiro atoms. The molecule has 1 N–H and O–H groups in total. The zero-order valence-electron chi connectivity index (χ0n) is 9.46.